The molecule has 1 aromatic heterocycles. The Balaban J connectivity index is 2.19. The maximum Gasteiger partial charge on any atom is 0.216 e. The molecule has 0 saturated carbocycles. The van der Waals surface area contributed by atoms with E-state index in [0.29, 0.717) is 10.6 Å². The van der Waals surface area contributed by atoms with Crippen LogP contribution < -0.4 is 14.6 Å². The molecule has 0 aliphatic carbocycles. The largest absolute Gasteiger partial charge is 0.497 e. The van der Waals surface area contributed by atoms with Crippen molar-refractivity contribution in [3.8, 4) is 11.8 Å². The third-order valence-corrected chi connectivity index (χ3v) is 4.84. The second-order valence-corrected chi connectivity index (χ2v) is 6.61. The van der Waals surface area contributed by atoms with Crippen molar-refractivity contribution in [3.63, 3.8) is 0 Å². The Hall–Kier alpha value is -2.49. The minimum absolute atomic E-state index is 0.355. The van der Waals surface area contributed by atoms with Crippen molar-refractivity contribution in [3.05, 3.63) is 71.0 Å². The van der Waals surface area contributed by atoms with Crippen molar-refractivity contribution in [2.24, 2.45) is 0 Å². The van der Waals surface area contributed by atoms with Gasteiger partial charge in [0.2, 0.25) is 6.04 Å². The van der Waals surface area contributed by atoms with Crippen LogP contribution in [0.5, 0.6) is 5.75 Å². The molecule has 6 heteroatoms. The number of aromatic nitrogens is 1. The predicted molar refractivity (Wildman–Crippen MR) is 96.8 cm³/mol. The Labute approximate surface area is 152 Å². The number of aliphatic hydroxyl groups is 1. The molecule has 2 heterocycles. The number of allylic oxidation sites excluding steroid dienone is 1. The average molecular weight is 354 g/mol. The van der Waals surface area contributed by atoms with Crippen molar-refractivity contribution < 1.29 is 14.4 Å². The van der Waals surface area contributed by atoms with Crippen molar-refractivity contribution in [2.45, 2.75) is 24.6 Å². The van der Waals surface area contributed by atoms with Crippen molar-refractivity contribution in [1.29, 1.82) is 5.26 Å². The van der Waals surface area contributed by atoms with Gasteiger partial charge in [-0.25, -0.2) is 0 Å². The van der Waals surface area contributed by atoms with E-state index in [1.54, 1.807) is 14.0 Å². The van der Waals surface area contributed by atoms with Gasteiger partial charge in [0.05, 0.1) is 29.7 Å². The zero-order valence-corrected chi connectivity index (χ0v) is 14.9. The van der Waals surface area contributed by atoms with Gasteiger partial charge in [0.1, 0.15) is 5.75 Å². The number of nitrogens with zero attached hydrogens (tertiary/aromatic N) is 2. The van der Waals surface area contributed by atoms with Crippen LogP contribution in [-0.4, -0.2) is 17.9 Å². The molecule has 0 saturated heterocycles. The second kappa shape index (κ2) is 6.79. The fourth-order valence-electron chi connectivity index (χ4n) is 3.35. The van der Waals surface area contributed by atoms with Crippen LogP contribution in [0.15, 0.2) is 65.5 Å². The minimum Gasteiger partial charge on any atom is -0.497 e. The van der Waals surface area contributed by atoms with Gasteiger partial charge in [-0.2, -0.15) is 9.83 Å². The molecule has 0 fully saturated rings. The van der Waals surface area contributed by atoms with Crippen LogP contribution in [-0.2, 0) is 0 Å². The van der Waals surface area contributed by atoms with Gasteiger partial charge in [0.25, 0.3) is 0 Å². The van der Waals surface area contributed by atoms with Crippen molar-refractivity contribution >= 4 is 12.6 Å². The lowest BCUT2D eigenvalue weighted by atomic mass is 9.78. The number of ether oxygens (including phenoxy) is 1. The number of nitriles is 1. The molecule has 0 spiro atoms. The highest BCUT2D eigenvalue weighted by Crippen LogP contribution is 2.43. The maximum atomic E-state index is 11.1. The normalized spacial score (nSPS) is 25.9. The third-order valence-electron chi connectivity index (χ3n) is 4.48. The standard InChI is InChI=1S/C19H19N3O2S/c1-19(23)17(22-10-4-3-5-11-22)16(15(12-20)18(25)21-19)13-6-8-14(24-2)9-7-13/h3-11,16-17,21,23H,1-2H3/p+1. The Morgan fingerprint density at radius 3 is 2.44 bits per heavy atom. The summed E-state index contributed by atoms with van der Waals surface area (Å²) in [6, 6.07) is 15.1. The zero-order valence-electron chi connectivity index (χ0n) is 14.0. The van der Waals surface area contributed by atoms with Crippen molar-refractivity contribution in [1.82, 2.24) is 5.32 Å². The summed E-state index contributed by atoms with van der Waals surface area (Å²) in [7, 11) is 1.61. The Morgan fingerprint density at radius 2 is 1.88 bits per heavy atom. The quantitative estimate of drug-likeness (QED) is 0.584. The monoisotopic (exact) mass is 354 g/mol. The number of nitrogens with one attached hydrogen (secondary N) is 1. The lowest BCUT2D eigenvalue weighted by molar-refractivity contribution is -0.741. The molecule has 25 heavy (non-hydrogen) atoms. The van der Waals surface area contributed by atoms with Gasteiger partial charge in [-0.15, -0.1) is 12.6 Å². The van der Waals surface area contributed by atoms with Crippen LogP contribution in [0.2, 0.25) is 0 Å². The maximum absolute atomic E-state index is 11.1. The molecule has 0 amide bonds. The Morgan fingerprint density at radius 1 is 1.24 bits per heavy atom. The molecule has 1 aliphatic rings. The number of pyridine rings is 1. The summed E-state index contributed by atoms with van der Waals surface area (Å²) in [6.45, 7) is 1.69. The zero-order chi connectivity index (χ0) is 18.0. The number of hydrogen-bond acceptors (Lipinski definition) is 5. The van der Waals surface area contributed by atoms with E-state index >= 15 is 0 Å². The smallest absolute Gasteiger partial charge is 0.216 e. The molecule has 1 aliphatic heterocycles. The molecule has 0 radical (unpaired) electrons. The topological polar surface area (TPSA) is 69.2 Å². The minimum atomic E-state index is -1.28. The molecule has 3 rings (SSSR count). The van der Waals surface area contributed by atoms with E-state index < -0.39 is 11.8 Å². The molecule has 0 bridgehead atoms. The summed E-state index contributed by atoms with van der Waals surface area (Å²) in [6.07, 6.45) is 3.77. The van der Waals surface area contributed by atoms with Gasteiger partial charge in [-0.3, -0.25) is 0 Å². The summed E-state index contributed by atoms with van der Waals surface area (Å²) >= 11 is 4.40. The summed E-state index contributed by atoms with van der Waals surface area (Å²) in [5.74, 6) is 0.383. The Kier molecular flexibility index (Phi) is 4.71. The molecule has 2 aromatic rings. The number of methoxy groups -OCH3 is 1. The highest BCUT2D eigenvalue weighted by molar-refractivity contribution is 7.84. The number of thiol groups is 1. The molecular formula is C19H20N3O2S+. The van der Waals surface area contributed by atoms with Gasteiger partial charge in [0.15, 0.2) is 18.1 Å². The molecular weight excluding hydrogens is 334 g/mol. The van der Waals surface area contributed by atoms with Crippen LogP contribution in [0.25, 0.3) is 0 Å². The third kappa shape index (κ3) is 3.21. The predicted octanol–water partition coefficient (Wildman–Crippen LogP) is 2.28. The summed E-state index contributed by atoms with van der Waals surface area (Å²) in [5.41, 5.74) is 0.113. The summed E-state index contributed by atoms with van der Waals surface area (Å²) in [4.78, 5) is 0. The SMILES string of the molecule is COc1ccc(C2C(C#N)=C(S)NC(C)(O)C2[n+]2ccccc2)cc1. The highest BCUT2D eigenvalue weighted by Gasteiger charge is 2.51. The lowest BCUT2D eigenvalue weighted by Gasteiger charge is -2.39. The molecule has 3 unspecified atom stereocenters. The van der Waals surface area contributed by atoms with Crippen LogP contribution in [0.4, 0.5) is 0 Å². The first-order valence-corrected chi connectivity index (χ1v) is 8.36. The number of rotatable bonds is 3. The summed E-state index contributed by atoms with van der Waals surface area (Å²) < 4.78 is 7.14. The molecule has 1 aromatic carbocycles. The van der Waals surface area contributed by atoms with Gasteiger partial charge in [0, 0.05) is 12.1 Å². The van der Waals surface area contributed by atoms with Crippen LogP contribution in [0.3, 0.4) is 0 Å². The fourth-order valence-corrected chi connectivity index (χ4v) is 3.77. The van der Waals surface area contributed by atoms with E-state index in [0.717, 1.165) is 11.3 Å². The van der Waals surface area contributed by atoms with Crippen LogP contribution in [0.1, 0.15) is 24.4 Å². The first-order chi connectivity index (χ1) is 12.0. The van der Waals surface area contributed by atoms with Crippen LogP contribution >= 0.6 is 12.6 Å². The van der Waals surface area contributed by atoms with E-state index in [-0.39, 0.29) is 5.92 Å². The number of hydrogen-bond donors (Lipinski definition) is 3. The van der Waals surface area contributed by atoms with E-state index in [1.165, 1.54) is 0 Å². The first kappa shape index (κ1) is 17.3. The van der Waals surface area contributed by atoms with Gasteiger partial charge in [-0.1, -0.05) is 18.2 Å². The Bertz CT molecular complexity index is 826. The molecule has 5 nitrogen and oxygen atoms in total. The highest BCUT2D eigenvalue weighted by atomic mass is 32.1. The second-order valence-electron chi connectivity index (χ2n) is 6.16. The summed E-state index contributed by atoms with van der Waals surface area (Å²) in [5, 5.41) is 24.1. The molecule has 3 atom stereocenters. The average Bonchev–Trinajstić information content (AvgIpc) is 2.61. The van der Waals surface area contributed by atoms with Crippen molar-refractivity contribution in [2.75, 3.05) is 7.11 Å². The van der Waals surface area contributed by atoms with Gasteiger partial charge in [-0.05, 0) is 24.6 Å². The first-order valence-electron chi connectivity index (χ1n) is 7.91. The van der Waals surface area contributed by atoms with E-state index in [9.17, 15) is 10.4 Å². The number of benzene rings is 1. The molecule has 2 N–H and O–H groups in total. The lowest BCUT2D eigenvalue weighted by Crippen LogP contribution is -2.62. The van der Waals surface area contributed by atoms with E-state index in [4.69, 9.17) is 4.74 Å². The molecule has 128 valence electrons. The van der Waals surface area contributed by atoms with Gasteiger partial charge >= 0.3 is 0 Å². The van der Waals surface area contributed by atoms with E-state index in [2.05, 4.69) is 24.0 Å². The fraction of sp³-hybridized carbons (Fsp3) is 0.263. The van der Waals surface area contributed by atoms with Crippen LogP contribution in [0, 0.1) is 11.3 Å². The van der Waals surface area contributed by atoms with Gasteiger partial charge < -0.3 is 15.2 Å². The van der Waals surface area contributed by atoms with E-state index in [1.807, 2.05) is 59.4 Å².